The fraction of sp³-hybridized carbons (Fsp3) is 0.833. The van der Waals surface area contributed by atoms with Crippen LogP contribution in [0, 0.1) is 0 Å². The van der Waals surface area contributed by atoms with Gasteiger partial charge in [-0.15, -0.1) is 10.2 Å². The van der Waals surface area contributed by atoms with Gasteiger partial charge in [0.15, 0.2) is 0 Å². The zero-order valence-corrected chi connectivity index (χ0v) is 10.2. The molecule has 1 N–H and O–H groups in total. The van der Waals surface area contributed by atoms with Gasteiger partial charge in [-0.2, -0.15) is 0 Å². The second-order valence-corrected chi connectivity index (χ2v) is 4.90. The molecular weight excluding hydrogens is 218 g/mol. The van der Waals surface area contributed by atoms with E-state index in [-0.39, 0.29) is 6.10 Å². The molecular formula is C12H19N3O2. The van der Waals surface area contributed by atoms with Crippen molar-refractivity contribution >= 4 is 0 Å². The van der Waals surface area contributed by atoms with Gasteiger partial charge in [-0.1, -0.05) is 6.92 Å². The summed E-state index contributed by atoms with van der Waals surface area (Å²) in [5.41, 5.74) is 0. The molecule has 1 aliphatic heterocycles. The zero-order chi connectivity index (χ0) is 11.7. The number of nitrogens with one attached hydrogen (secondary N) is 1. The molecule has 94 valence electrons. The van der Waals surface area contributed by atoms with E-state index >= 15 is 0 Å². The van der Waals surface area contributed by atoms with Crippen LogP contribution in [0.4, 0.5) is 0 Å². The van der Waals surface area contributed by atoms with Crippen molar-refractivity contribution in [3.8, 4) is 0 Å². The van der Waals surface area contributed by atoms with Gasteiger partial charge in [-0.25, -0.2) is 0 Å². The third kappa shape index (κ3) is 2.50. The number of ether oxygens (including phenoxy) is 1. The van der Waals surface area contributed by atoms with E-state index in [9.17, 15) is 0 Å². The molecule has 1 aliphatic carbocycles. The fourth-order valence-corrected chi connectivity index (χ4v) is 2.34. The summed E-state index contributed by atoms with van der Waals surface area (Å²) >= 11 is 0. The summed E-state index contributed by atoms with van der Waals surface area (Å²) in [6, 6.07) is 0.670. The first-order valence-corrected chi connectivity index (χ1v) is 6.54. The van der Waals surface area contributed by atoms with Crippen molar-refractivity contribution in [2.75, 3.05) is 6.61 Å². The molecule has 17 heavy (non-hydrogen) atoms. The highest BCUT2D eigenvalue weighted by molar-refractivity contribution is 4.98. The van der Waals surface area contributed by atoms with Crippen molar-refractivity contribution in [3.63, 3.8) is 0 Å². The first-order valence-electron chi connectivity index (χ1n) is 6.54. The largest absolute Gasteiger partial charge is 0.423 e. The zero-order valence-electron chi connectivity index (χ0n) is 10.2. The van der Waals surface area contributed by atoms with Crippen molar-refractivity contribution in [1.82, 2.24) is 15.5 Å². The lowest BCUT2D eigenvalue weighted by molar-refractivity contribution is 0.0962. The molecule has 2 aliphatic rings. The van der Waals surface area contributed by atoms with Crippen LogP contribution in [-0.2, 0) is 11.3 Å². The van der Waals surface area contributed by atoms with Crippen LogP contribution in [-0.4, -0.2) is 29.0 Å². The smallest absolute Gasteiger partial charge is 0.230 e. The van der Waals surface area contributed by atoms with E-state index in [2.05, 4.69) is 22.4 Å². The Hall–Kier alpha value is -0.940. The minimum absolute atomic E-state index is 0.250. The van der Waals surface area contributed by atoms with Crippen LogP contribution < -0.4 is 5.32 Å². The highest BCUT2D eigenvalue weighted by atomic mass is 16.5. The predicted molar refractivity (Wildman–Crippen MR) is 61.5 cm³/mol. The highest BCUT2D eigenvalue weighted by Crippen LogP contribution is 2.32. The molecule has 0 radical (unpaired) electrons. The van der Waals surface area contributed by atoms with Crippen molar-refractivity contribution in [1.29, 1.82) is 0 Å². The number of rotatable bonds is 5. The fourth-order valence-electron chi connectivity index (χ4n) is 2.34. The van der Waals surface area contributed by atoms with Gasteiger partial charge < -0.3 is 14.5 Å². The van der Waals surface area contributed by atoms with Gasteiger partial charge >= 0.3 is 0 Å². The van der Waals surface area contributed by atoms with Gasteiger partial charge in [-0.3, -0.25) is 0 Å². The van der Waals surface area contributed by atoms with Crippen LogP contribution in [0.1, 0.15) is 50.3 Å². The summed E-state index contributed by atoms with van der Waals surface area (Å²) in [6.45, 7) is 3.64. The van der Waals surface area contributed by atoms with Crippen molar-refractivity contribution in [2.24, 2.45) is 0 Å². The average Bonchev–Trinajstić information content (AvgIpc) is 2.89. The Morgan fingerprint density at radius 1 is 1.29 bits per heavy atom. The molecule has 0 spiro atoms. The first kappa shape index (κ1) is 11.2. The minimum Gasteiger partial charge on any atom is -0.423 e. The van der Waals surface area contributed by atoms with Gasteiger partial charge in [0.2, 0.25) is 11.8 Å². The molecule has 1 saturated carbocycles. The molecule has 1 aromatic rings. The summed E-state index contributed by atoms with van der Waals surface area (Å²) in [5, 5.41) is 11.6. The van der Waals surface area contributed by atoms with Crippen LogP contribution in [0.15, 0.2) is 4.42 Å². The quantitative estimate of drug-likeness (QED) is 0.843. The van der Waals surface area contributed by atoms with E-state index in [0.29, 0.717) is 24.4 Å². The van der Waals surface area contributed by atoms with Gasteiger partial charge in [0.1, 0.15) is 0 Å². The van der Waals surface area contributed by atoms with E-state index in [0.717, 1.165) is 25.3 Å². The third-order valence-corrected chi connectivity index (χ3v) is 3.53. The highest BCUT2D eigenvalue weighted by Gasteiger charge is 2.32. The van der Waals surface area contributed by atoms with Gasteiger partial charge in [0.05, 0.1) is 18.6 Å². The van der Waals surface area contributed by atoms with Crippen LogP contribution in [0.25, 0.3) is 0 Å². The number of hydrogen-bond donors (Lipinski definition) is 1. The molecule has 5 heteroatoms. The average molecular weight is 237 g/mol. The van der Waals surface area contributed by atoms with E-state index in [1.54, 1.807) is 0 Å². The molecule has 3 rings (SSSR count). The lowest BCUT2D eigenvalue weighted by Crippen LogP contribution is -2.15. The molecule has 5 nitrogen and oxygen atoms in total. The summed E-state index contributed by atoms with van der Waals surface area (Å²) in [5.74, 6) is 1.75. The van der Waals surface area contributed by atoms with Crippen LogP contribution >= 0.6 is 0 Å². The predicted octanol–water partition coefficient (Wildman–Crippen LogP) is 1.60. The van der Waals surface area contributed by atoms with Crippen LogP contribution in [0.5, 0.6) is 0 Å². The molecule has 2 atom stereocenters. The number of hydrogen-bond acceptors (Lipinski definition) is 5. The third-order valence-electron chi connectivity index (χ3n) is 3.53. The summed E-state index contributed by atoms with van der Waals surface area (Å²) in [7, 11) is 0. The Bertz CT molecular complexity index is 376. The van der Waals surface area contributed by atoms with Gasteiger partial charge in [0, 0.05) is 12.6 Å². The molecule has 2 unspecified atom stereocenters. The second kappa shape index (κ2) is 4.74. The lowest BCUT2D eigenvalue weighted by Gasteiger charge is -2.12. The Balaban J connectivity index is 1.62. The molecule has 0 amide bonds. The Kier molecular flexibility index (Phi) is 3.11. The van der Waals surface area contributed by atoms with E-state index in [4.69, 9.17) is 9.15 Å². The summed E-state index contributed by atoms with van der Waals surface area (Å²) in [6.07, 6.45) is 4.79. The summed E-state index contributed by atoms with van der Waals surface area (Å²) < 4.78 is 11.4. The summed E-state index contributed by atoms with van der Waals surface area (Å²) in [4.78, 5) is 0. The molecule has 0 aromatic carbocycles. The maximum Gasteiger partial charge on any atom is 0.230 e. The van der Waals surface area contributed by atoms with Crippen LogP contribution in [0.2, 0.25) is 0 Å². The van der Waals surface area contributed by atoms with E-state index in [1.165, 1.54) is 12.8 Å². The maximum atomic E-state index is 5.71. The number of nitrogens with zero attached hydrogens (tertiary/aromatic N) is 2. The van der Waals surface area contributed by atoms with E-state index < -0.39 is 0 Å². The Morgan fingerprint density at radius 3 is 2.94 bits per heavy atom. The van der Waals surface area contributed by atoms with Crippen molar-refractivity contribution < 1.29 is 9.15 Å². The van der Waals surface area contributed by atoms with E-state index in [1.807, 2.05) is 0 Å². The topological polar surface area (TPSA) is 60.2 Å². The Morgan fingerprint density at radius 2 is 2.18 bits per heavy atom. The SMILES string of the molecule is CCC1OCCC1c1nnc(CNC2CC2)o1. The lowest BCUT2D eigenvalue weighted by atomic mass is 10.00. The molecule has 2 heterocycles. The van der Waals surface area contributed by atoms with Gasteiger partial charge in [-0.05, 0) is 25.7 Å². The van der Waals surface area contributed by atoms with Gasteiger partial charge in [0.25, 0.3) is 0 Å². The van der Waals surface area contributed by atoms with Crippen molar-refractivity contribution in [2.45, 2.75) is 57.2 Å². The Labute approximate surface area is 101 Å². The first-order chi connectivity index (χ1) is 8.36. The molecule has 2 fully saturated rings. The molecule has 1 saturated heterocycles. The normalized spacial score (nSPS) is 28.8. The molecule has 1 aromatic heterocycles. The second-order valence-electron chi connectivity index (χ2n) is 4.90. The van der Waals surface area contributed by atoms with Crippen LogP contribution in [0.3, 0.4) is 0 Å². The standard InChI is InChI=1S/C12H19N3O2/c1-2-10-9(5-6-16-10)12-15-14-11(17-12)7-13-8-3-4-8/h8-10,13H,2-7H2,1H3. The monoisotopic (exact) mass is 237 g/mol. The molecule has 0 bridgehead atoms. The van der Waals surface area contributed by atoms with Crippen molar-refractivity contribution in [3.05, 3.63) is 11.8 Å². The minimum atomic E-state index is 0.250. The number of aromatic nitrogens is 2. The maximum absolute atomic E-state index is 5.71.